The van der Waals surface area contributed by atoms with Crippen molar-refractivity contribution in [1.29, 1.82) is 0 Å². The molecule has 4 heteroatoms. The Morgan fingerprint density at radius 3 is 2.38 bits per heavy atom. The molecule has 0 heterocycles. The number of hydrogen-bond donors (Lipinski definition) is 0. The smallest absolute Gasteiger partial charge is 0.339 e. The van der Waals surface area contributed by atoms with Gasteiger partial charge >= 0.3 is 5.97 Å². The molecule has 0 radical (unpaired) electrons. The second kappa shape index (κ2) is 7.75. The molecule has 0 aliphatic heterocycles. The van der Waals surface area contributed by atoms with Gasteiger partial charge in [0.2, 0.25) is 0 Å². The number of benzene rings is 2. The molecule has 1 aliphatic carbocycles. The third-order valence-electron chi connectivity index (χ3n) is 4.63. The fourth-order valence-corrected chi connectivity index (χ4v) is 4.38. The molecule has 24 heavy (non-hydrogen) atoms. The van der Waals surface area contributed by atoms with Crippen molar-refractivity contribution in [3.05, 3.63) is 51.5 Å². The maximum absolute atomic E-state index is 12.4. The van der Waals surface area contributed by atoms with Crippen molar-refractivity contribution in [2.45, 2.75) is 37.0 Å². The van der Waals surface area contributed by atoms with E-state index >= 15 is 0 Å². The number of halogens is 1. The summed E-state index contributed by atoms with van der Waals surface area (Å²) in [6.07, 6.45) is 7.53. The third-order valence-corrected chi connectivity index (χ3v) is 5.92. The van der Waals surface area contributed by atoms with E-state index in [4.69, 9.17) is 4.74 Å². The predicted octanol–water partition coefficient (Wildman–Crippen LogP) is 5.89. The number of rotatable bonds is 3. The van der Waals surface area contributed by atoms with Crippen LogP contribution in [0, 0.1) is 0 Å². The van der Waals surface area contributed by atoms with Gasteiger partial charge in [-0.1, -0.05) is 34.5 Å². The first-order chi connectivity index (χ1) is 11.7. The zero-order chi connectivity index (χ0) is 17.1. The molecule has 0 aromatic heterocycles. The van der Waals surface area contributed by atoms with Crippen LogP contribution in [-0.2, 0) is 17.6 Å². The van der Waals surface area contributed by atoms with Crippen molar-refractivity contribution in [1.82, 2.24) is 0 Å². The summed E-state index contributed by atoms with van der Waals surface area (Å²) in [5, 5.41) is 0. The monoisotopic (exact) mass is 404 g/mol. The van der Waals surface area contributed by atoms with Crippen molar-refractivity contribution in [3.63, 3.8) is 0 Å². The molecular formula is C20H21BrO2S. The molecule has 1 aliphatic rings. The lowest BCUT2D eigenvalue weighted by atomic mass is 9.89. The van der Waals surface area contributed by atoms with Crippen molar-refractivity contribution >= 4 is 33.7 Å². The molecule has 0 fully saturated rings. The fraction of sp³-hybridized carbons (Fsp3) is 0.350. The van der Waals surface area contributed by atoms with Gasteiger partial charge in [-0.3, -0.25) is 0 Å². The minimum Gasteiger partial charge on any atom is -0.465 e. The number of methoxy groups -OCH3 is 1. The van der Waals surface area contributed by atoms with Crippen molar-refractivity contribution in [2.75, 3.05) is 13.4 Å². The van der Waals surface area contributed by atoms with Crippen LogP contribution in [0.5, 0.6) is 0 Å². The number of carbonyl (C=O) groups is 1. The van der Waals surface area contributed by atoms with Crippen LogP contribution < -0.4 is 0 Å². The average Bonchev–Trinajstić information content (AvgIpc) is 2.86. The molecule has 3 rings (SSSR count). The number of ether oxygens (including phenoxy) is 1. The van der Waals surface area contributed by atoms with Crippen LogP contribution in [0.25, 0.3) is 11.1 Å². The van der Waals surface area contributed by atoms with Crippen molar-refractivity contribution in [3.8, 4) is 11.1 Å². The first-order valence-electron chi connectivity index (χ1n) is 8.22. The number of carbonyl (C=O) groups excluding carboxylic acids is 1. The highest BCUT2D eigenvalue weighted by Crippen LogP contribution is 2.38. The summed E-state index contributed by atoms with van der Waals surface area (Å²) in [6.45, 7) is 0. The van der Waals surface area contributed by atoms with Crippen LogP contribution in [0.2, 0.25) is 0 Å². The number of hydrogen-bond acceptors (Lipinski definition) is 3. The number of thioether (sulfide) groups is 1. The van der Waals surface area contributed by atoms with Gasteiger partial charge in [-0.2, -0.15) is 0 Å². The minimum atomic E-state index is -0.208. The zero-order valence-electron chi connectivity index (χ0n) is 14.0. The Kier molecular flexibility index (Phi) is 5.67. The predicted molar refractivity (Wildman–Crippen MR) is 104 cm³/mol. The Morgan fingerprint density at radius 2 is 1.75 bits per heavy atom. The van der Waals surface area contributed by atoms with Crippen molar-refractivity contribution in [2.24, 2.45) is 0 Å². The van der Waals surface area contributed by atoms with Gasteiger partial charge in [-0.15, -0.1) is 11.8 Å². The van der Waals surface area contributed by atoms with E-state index in [1.807, 2.05) is 6.26 Å². The van der Waals surface area contributed by atoms with Gasteiger partial charge in [0.1, 0.15) is 0 Å². The van der Waals surface area contributed by atoms with Gasteiger partial charge in [0.05, 0.1) is 12.7 Å². The third kappa shape index (κ3) is 3.40. The van der Waals surface area contributed by atoms with Gasteiger partial charge in [-0.25, -0.2) is 4.79 Å². The summed E-state index contributed by atoms with van der Waals surface area (Å²) in [5.41, 5.74) is 5.78. The van der Waals surface area contributed by atoms with Gasteiger partial charge in [0, 0.05) is 9.37 Å². The standard InChI is InChI=1S/C20H21BrO2S/c1-23-20(22)19-16-7-5-3-4-6-15(16)17(12-18(19)24-2)13-8-10-14(21)11-9-13/h8-12H,3-7H2,1-2H3. The second-order valence-electron chi connectivity index (χ2n) is 6.02. The Morgan fingerprint density at radius 1 is 1.08 bits per heavy atom. The Labute approximate surface area is 156 Å². The van der Waals surface area contributed by atoms with E-state index in [2.05, 4.69) is 46.3 Å². The maximum atomic E-state index is 12.4. The lowest BCUT2D eigenvalue weighted by Gasteiger charge is -2.19. The van der Waals surface area contributed by atoms with Crippen molar-refractivity contribution < 1.29 is 9.53 Å². The highest BCUT2D eigenvalue weighted by molar-refractivity contribution is 9.10. The molecule has 0 N–H and O–H groups in total. The van der Waals surface area contributed by atoms with Crippen LogP contribution in [0.1, 0.15) is 40.7 Å². The van der Waals surface area contributed by atoms with E-state index in [9.17, 15) is 4.79 Å². The summed E-state index contributed by atoms with van der Waals surface area (Å²) in [6, 6.07) is 10.6. The molecule has 0 saturated heterocycles. The first-order valence-corrected chi connectivity index (χ1v) is 10.2. The molecule has 0 unspecified atom stereocenters. The molecule has 2 nitrogen and oxygen atoms in total. The van der Waals surface area contributed by atoms with E-state index in [0.717, 1.165) is 34.2 Å². The summed E-state index contributed by atoms with van der Waals surface area (Å²) in [4.78, 5) is 13.4. The molecule has 126 valence electrons. The summed E-state index contributed by atoms with van der Waals surface area (Å²) in [7, 11) is 1.47. The van der Waals surface area contributed by atoms with Crippen LogP contribution >= 0.6 is 27.7 Å². The number of fused-ring (bicyclic) bond motifs is 1. The largest absolute Gasteiger partial charge is 0.465 e. The molecule has 0 spiro atoms. The number of esters is 1. The van der Waals surface area contributed by atoms with Gasteiger partial charge in [-0.05, 0) is 72.4 Å². The molecule has 0 bridgehead atoms. The van der Waals surface area contributed by atoms with Crippen LogP contribution in [-0.4, -0.2) is 19.3 Å². The Balaban J connectivity index is 2.26. The topological polar surface area (TPSA) is 26.3 Å². The van der Waals surface area contributed by atoms with Gasteiger partial charge in [0.15, 0.2) is 0 Å². The lowest BCUT2D eigenvalue weighted by Crippen LogP contribution is -2.11. The zero-order valence-corrected chi connectivity index (χ0v) is 16.4. The van der Waals surface area contributed by atoms with E-state index in [1.54, 1.807) is 11.8 Å². The average molecular weight is 405 g/mol. The van der Waals surface area contributed by atoms with E-state index in [-0.39, 0.29) is 5.97 Å². The highest BCUT2D eigenvalue weighted by Gasteiger charge is 2.24. The molecule has 0 amide bonds. The normalized spacial score (nSPS) is 14.0. The molecule has 2 aromatic rings. The second-order valence-corrected chi connectivity index (χ2v) is 7.78. The van der Waals surface area contributed by atoms with Gasteiger partial charge in [0.25, 0.3) is 0 Å². The Bertz CT molecular complexity index is 753. The lowest BCUT2D eigenvalue weighted by molar-refractivity contribution is 0.0595. The summed E-state index contributed by atoms with van der Waals surface area (Å²) in [5.74, 6) is -0.208. The molecule has 0 saturated carbocycles. The van der Waals surface area contributed by atoms with Crippen LogP contribution in [0.4, 0.5) is 0 Å². The van der Waals surface area contributed by atoms with E-state index in [1.165, 1.54) is 42.2 Å². The summed E-state index contributed by atoms with van der Waals surface area (Å²) < 4.78 is 6.17. The Hall–Kier alpha value is -1.26. The summed E-state index contributed by atoms with van der Waals surface area (Å²) >= 11 is 5.13. The highest BCUT2D eigenvalue weighted by atomic mass is 79.9. The van der Waals surface area contributed by atoms with E-state index < -0.39 is 0 Å². The van der Waals surface area contributed by atoms with Crippen LogP contribution in [0.3, 0.4) is 0 Å². The SMILES string of the molecule is COC(=O)c1c(SC)cc(-c2ccc(Br)cc2)c2c1CCCCC2. The quantitative estimate of drug-likeness (QED) is 0.362. The first kappa shape index (κ1) is 17.6. The maximum Gasteiger partial charge on any atom is 0.339 e. The molecule has 0 atom stereocenters. The fourth-order valence-electron chi connectivity index (χ4n) is 3.47. The van der Waals surface area contributed by atoms with E-state index in [0.29, 0.717) is 0 Å². The van der Waals surface area contributed by atoms with Gasteiger partial charge < -0.3 is 4.74 Å². The molecular weight excluding hydrogens is 384 g/mol. The minimum absolute atomic E-state index is 0.208. The molecule has 2 aromatic carbocycles. The van der Waals surface area contributed by atoms with Crippen LogP contribution in [0.15, 0.2) is 39.7 Å².